The lowest BCUT2D eigenvalue weighted by molar-refractivity contribution is -0.120. The fourth-order valence-electron chi connectivity index (χ4n) is 1.64. The Bertz CT molecular complexity index is 393. The van der Waals surface area contributed by atoms with Crippen LogP contribution in [0.2, 0.25) is 0 Å². The summed E-state index contributed by atoms with van der Waals surface area (Å²) in [6, 6.07) is 0. The molecule has 7 heteroatoms. The van der Waals surface area contributed by atoms with Gasteiger partial charge >= 0.3 is 0 Å². The second-order valence-corrected chi connectivity index (χ2v) is 4.61. The molecule has 0 spiro atoms. The number of nitrogens with zero attached hydrogens (tertiary/aromatic N) is 2. The number of carbonyl (C=O) groups is 1. The number of nitrogens with one attached hydrogen (secondary N) is 1. The van der Waals surface area contributed by atoms with Crippen molar-refractivity contribution in [3.8, 4) is 0 Å². The van der Waals surface area contributed by atoms with Crippen molar-refractivity contribution >= 4 is 24.0 Å². The summed E-state index contributed by atoms with van der Waals surface area (Å²) in [5.74, 6) is -0.185. The van der Waals surface area contributed by atoms with E-state index in [1.165, 1.54) is 0 Å². The lowest BCUT2D eigenvalue weighted by Gasteiger charge is -2.22. The molecule has 3 N–H and O–H groups in total. The smallest absolute Gasteiger partial charge is 0.244 e. The van der Waals surface area contributed by atoms with E-state index in [0.717, 1.165) is 6.42 Å². The Morgan fingerprint density at radius 2 is 2.32 bits per heavy atom. The molecule has 0 bridgehead atoms. The lowest BCUT2D eigenvalue weighted by Crippen LogP contribution is -2.48. The first-order valence-corrected chi connectivity index (χ1v) is 6.11. The summed E-state index contributed by atoms with van der Waals surface area (Å²) in [5.41, 5.74) is 5.76. The number of rotatable bonds is 7. The third-order valence-corrected chi connectivity index (χ3v) is 2.70. The molecule has 19 heavy (non-hydrogen) atoms. The molecular formula is C12H23ClN4O2. The Labute approximate surface area is 120 Å². The molecule has 0 saturated heterocycles. The van der Waals surface area contributed by atoms with Gasteiger partial charge in [-0.05, 0) is 13.3 Å². The molecule has 1 unspecified atom stereocenters. The van der Waals surface area contributed by atoms with E-state index in [1.807, 2.05) is 6.92 Å². The summed E-state index contributed by atoms with van der Waals surface area (Å²) in [4.78, 5) is 11.9. The Hall–Kier alpha value is -1.11. The number of hydrogen-bond acceptors (Lipinski definition) is 4. The molecule has 0 saturated carbocycles. The van der Waals surface area contributed by atoms with Crippen LogP contribution in [0.1, 0.15) is 26.7 Å². The highest BCUT2D eigenvalue weighted by atomic mass is 35.5. The van der Waals surface area contributed by atoms with E-state index < -0.39 is 5.54 Å². The Balaban J connectivity index is 0.00000324. The highest BCUT2D eigenvalue weighted by Gasteiger charge is 2.27. The van der Waals surface area contributed by atoms with Crippen LogP contribution in [-0.2, 0) is 16.1 Å². The minimum Gasteiger partial charge on any atom is -0.383 e. The highest BCUT2D eigenvalue weighted by Crippen LogP contribution is 2.13. The molecule has 1 amide bonds. The number of ether oxygens (including phenoxy) is 1. The van der Waals surface area contributed by atoms with Crippen LogP contribution in [0.15, 0.2) is 12.4 Å². The molecule has 1 aromatic rings. The van der Waals surface area contributed by atoms with Crippen LogP contribution in [-0.4, -0.2) is 34.9 Å². The van der Waals surface area contributed by atoms with Gasteiger partial charge in [0.15, 0.2) is 0 Å². The number of anilines is 1. The van der Waals surface area contributed by atoms with Crippen LogP contribution in [0, 0.1) is 0 Å². The number of methoxy groups -OCH3 is 1. The monoisotopic (exact) mass is 290 g/mol. The summed E-state index contributed by atoms with van der Waals surface area (Å²) < 4.78 is 6.67. The Kier molecular flexibility index (Phi) is 7.66. The van der Waals surface area contributed by atoms with E-state index in [2.05, 4.69) is 10.4 Å². The van der Waals surface area contributed by atoms with E-state index in [4.69, 9.17) is 10.5 Å². The molecular weight excluding hydrogens is 268 g/mol. The first-order chi connectivity index (χ1) is 8.49. The van der Waals surface area contributed by atoms with Crippen molar-refractivity contribution in [2.45, 2.75) is 38.8 Å². The Morgan fingerprint density at radius 1 is 1.63 bits per heavy atom. The van der Waals surface area contributed by atoms with Crippen LogP contribution in [0.3, 0.4) is 0 Å². The first-order valence-electron chi connectivity index (χ1n) is 6.11. The third kappa shape index (κ3) is 5.59. The molecule has 0 aliphatic carbocycles. The van der Waals surface area contributed by atoms with Crippen molar-refractivity contribution in [1.82, 2.24) is 9.78 Å². The maximum atomic E-state index is 11.9. The quantitative estimate of drug-likeness (QED) is 0.795. The van der Waals surface area contributed by atoms with E-state index in [0.29, 0.717) is 25.3 Å². The molecule has 0 aliphatic heterocycles. The fourth-order valence-corrected chi connectivity index (χ4v) is 1.64. The van der Waals surface area contributed by atoms with Gasteiger partial charge in [0.25, 0.3) is 0 Å². The van der Waals surface area contributed by atoms with E-state index in [9.17, 15) is 4.79 Å². The van der Waals surface area contributed by atoms with Crippen molar-refractivity contribution in [3.05, 3.63) is 12.4 Å². The van der Waals surface area contributed by atoms with Crippen LogP contribution in [0.4, 0.5) is 5.69 Å². The third-order valence-electron chi connectivity index (χ3n) is 2.70. The molecule has 0 radical (unpaired) electrons. The van der Waals surface area contributed by atoms with Crippen molar-refractivity contribution in [2.75, 3.05) is 19.0 Å². The zero-order chi connectivity index (χ0) is 13.6. The number of halogens is 1. The van der Waals surface area contributed by atoms with Crippen molar-refractivity contribution < 1.29 is 9.53 Å². The van der Waals surface area contributed by atoms with Gasteiger partial charge in [0.2, 0.25) is 5.91 Å². The van der Waals surface area contributed by atoms with Crippen LogP contribution in [0.5, 0.6) is 0 Å². The standard InChI is InChI=1S/C12H22N4O2.ClH/c1-4-5-12(2,13)11(17)15-10-8-14-16(9-10)6-7-18-3;/h8-9H,4-7,13H2,1-3H3,(H,15,17);1H. The first kappa shape index (κ1) is 17.9. The van der Waals surface area contributed by atoms with E-state index in [1.54, 1.807) is 31.1 Å². The number of aromatic nitrogens is 2. The number of amides is 1. The Morgan fingerprint density at radius 3 is 2.89 bits per heavy atom. The lowest BCUT2D eigenvalue weighted by atomic mass is 9.96. The van der Waals surface area contributed by atoms with Gasteiger partial charge in [-0.1, -0.05) is 13.3 Å². The largest absolute Gasteiger partial charge is 0.383 e. The van der Waals surface area contributed by atoms with Gasteiger partial charge in [-0.25, -0.2) is 0 Å². The van der Waals surface area contributed by atoms with Gasteiger partial charge in [0.1, 0.15) is 0 Å². The fraction of sp³-hybridized carbons (Fsp3) is 0.667. The van der Waals surface area contributed by atoms with Gasteiger partial charge in [-0.3, -0.25) is 9.48 Å². The summed E-state index contributed by atoms with van der Waals surface area (Å²) in [5, 5.41) is 6.89. The van der Waals surface area contributed by atoms with Crippen molar-refractivity contribution in [3.63, 3.8) is 0 Å². The summed E-state index contributed by atoms with van der Waals surface area (Å²) in [7, 11) is 1.64. The summed E-state index contributed by atoms with van der Waals surface area (Å²) in [6.45, 7) is 4.98. The van der Waals surface area contributed by atoms with Crippen LogP contribution in [0.25, 0.3) is 0 Å². The maximum Gasteiger partial charge on any atom is 0.244 e. The van der Waals surface area contributed by atoms with Gasteiger partial charge in [-0.15, -0.1) is 12.4 Å². The minimum atomic E-state index is -0.844. The van der Waals surface area contributed by atoms with Crippen molar-refractivity contribution in [1.29, 1.82) is 0 Å². The number of carbonyl (C=O) groups excluding carboxylic acids is 1. The SMILES string of the molecule is CCCC(C)(N)C(=O)Nc1cnn(CCOC)c1.Cl. The number of nitrogens with two attached hydrogens (primary N) is 1. The zero-order valence-electron chi connectivity index (χ0n) is 11.7. The van der Waals surface area contributed by atoms with Crippen LogP contribution < -0.4 is 11.1 Å². The topological polar surface area (TPSA) is 82.2 Å². The summed E-state index contributed by atoms with van der Waals surface area (Å²) in [6.07, 6.45) is 4.89. The molecule has 1 heterocycles. The average molecular weight is 291 g/mol. The summed E-state index contributed by atoms with van der Waals surface area (Å²) >= 11 is 0. The van der Waals surface area contributed by atoms with Crippen molar-refractivity contribution in [2.24, 2.45) is 5.73 Å². The predicted octanol–water partition coefficient (Wildman–Crippen LogP) is 1.41. The van der Waals surface area contributed by atoms with E-state index in [-0.39, 0.29) is 18.3 Å². The molecule has 0 aromatic carbocycles. The molecule has 110 valence electrons. The number of hydrogen-bond donors (Lipinski definition) is 2. The molecule has 0 fully saturated rings. The highest BCUT2D eigenvalue weighted by molar-refractivity contribution is 5.97. The second-order valence-electron chi connectivity index (χ2n) is 4.61. The van der Waals surface area contributed by atoms with Gasteiger partial charge in [-0.2, -0.15) is 5.10 Å². The van der Waals surface area contributed by atoms with Gasteiger partial charge in [0, 0.05) is 13.3 Å². The normalized spacial score (nSPS) is 13.5. The maximum absolute atomic E-state index is 11.9. The molecule has 6 nitrogen and oxygen atoms in total. The van der Waals surface area contributed by atoms with Crippen LogP contribution >= 0.6 is 12.4 Å². The minimum absolute atomic E-state index is 0. The van der Waals surface area contributed by atoms with Gasteiger partial charge < -0.3 is 15.8 Å². The van der Waals surface area contributed by atoms with E-state index >= 15 is 0 Å². The molecule has 0 aliphatic rings. The zero-order valence-corrected chi connectivity index (χ0v) is 12.5. The molecule has 1 aromatic heterocycles. The predicted molar refractivity (Wildman–Crippen MR) is 77.5 cm³/mol. The second kappa shape index (κ2) is 8.14. The average Bonchev–Trinajstić information content (AvgIpc) is 2.74. The molecule has 1 atom stereocenters. The molecule has 1 rings (SSSR count). The van der Waals surface area contributed by atoms with Gasteiger partial charge in [0.05, 0.1) is 30.6 Å².